The Hall–Kier alpha value is -1.97. The molecule has 2 aromatic carbocycles. The minimum absolute atomic E-state index is 0. The van der Waals surface area contributed by atoms with Crippen LogP contribution in [-0.2, 0) is 0 Å². The van der Waals surface area contributed by atoms with E-state index in [1.54, 1.807) is 0 Å². The number of rotatable bonds is 3. The number of para-hydroxylation sites is 1. The molecule has 1 heterocycles. The maximum Gasteiger partial charge on any atom is 0.131 e. The fourth-order valence-electron chi connectivity index (χ4n) is 2.40. The second-order valence-electron chi connectivity index (χ2n) is 5.41. The fourth-order valence-corrected chi connectivity index (χ4v) is 2.40. The largest absolute Gasteiger partial charge is 0.378 e. The van der Waals surface area contributed by atoms with Crippen molar-refractivity contribution in [2.45, 2.75) is 6.92 Å². The molecule has 0 bridgehead atoms. The molecule has 0 saturated heterocycles. The minimum atomic E-state index is 0. The molecule has 3 rings (SSSR count). The van der Waals surface area contributed by atoms with Crippen LogP contribution >= 0.6 is 24.8 Å². The SMILES string of the molecule is Cc1cc(Nc2ccc(N(C)C)cc2)nc2ccccc12.Cl.Cl. The van der Waals surface area contributed by atoms with E-state index < -0.39 is 0 Å². The molecule has 122 valence electrons. The normalized spacial score (nSPS) is 9.70. The number of pyridine rings is 1. The number of nitrogens with zero attached hydrogens (tertiary/aromatic N) is 2. The predicted molar refractivity (Wildman–Crippen MR) is 105 cm³/mol. The van der Waals surface area contributed by atoms with Crippen LogP contribution in [0, 0.1) is 6.92 Å². The van der Waals surface area contributed by atoms with Gasteiger partial charge in [0.05, 0.1) is 5.52 Å². The summed E-state index contributed by atoms with van der Waals surface area (Å²) in [5, 5.41) is 4.57. The molecule has 0 atom stereocenters. The third-order valence-electron chi connectivity index (χ3n) is 3.58. The van der Waals surface area contributed by atoms with Gasteiger partial charge in [0, 0.05) is 30.9 Å². The van der Waals surface area contributed by atoms with Crippen molar-refractivity contribution in [1.29, 1.82) is 0 Å². The number of halogens is 2. The van der Waals surface area contributed by atoms with E-state index in [2.05, 4.69) is 58.5 Å². The van der Waals surface area contributed by atoms with Crippen LogP contribution in [0.5, 0.6) is 0 Å². The van der Waals surface area contributed by atoms with Gasteiger partial charge in [0.1, 0.15) is 5.82 Å². The van der Waals surface area contributed by atoms with Crippen LogP contribution < -0.4 is 10.2 Å². The molecule has 1 N–H and O–H groups in total. The zero-order chi connectivity index (χ0) is 14.8. The van der Waals surface area contributed by atoms with Crippen LogP contribution in [0.25, 0.3) is 10.9 Å². The van der Waals surface area contributed by atoms with Crippen molar-refractivity contribution in [1.82, 2.24) is 4.98 Å². The monoisotopic (exact) mass is 349 g/mol. The summed E-state index contributed by atoms with van der Waals surface area (Å²) in [7, 11) is 4.08. The molecule has 0 aliphatic carbocycles. The average Bonchev–Trinajstić information content (AvgIpc) is 2.48. The molecular weight excluding hydrogens is 329 g/mol. The number of aromatic nitrogens is 1. The lowest BCUT2D eigenvalue weighted by molar-refractivity contribution is 1.13. The second kappa shape index (κ2) is 8.04. The van der Waals surface area contributed by atoms with Crippen LogP contribution in [0.2, 0.25) is 0 Å². The molecule has 23 heavy (non-hydrogen) atoms. The minimum Gasteiger partial charge on any atom is -0.378 e. The van der Waals surface area contributed by atoms with E-state index in [9.17, 15) is 0 Å². The lowest BCUT2D eigenvalue weighted by atomic mass is 10.1. The van der Waals surface area contributed by atoms with Crippen LogP contribution in [-0.4, -0.2) is 19.1 Å². The highest BCUT2D eigenvalue weighted by Crippen LogP contribution is 2.23. The molecule has 0 radical (unpaired) electrons. The summed E-state index contributed by atoms with van der Waals surface area (Å²) in [6, 6.07) is 18.6. The van der Waals surface area contributed by atoms with Crippen LogP contribution in [0.3, 0.4) is 0 Å². The van der Waals surface area contributed by atoms with E-state index in [1.807, 2.05) is 32.3 Å². The van der Waals surface area contributed by atoms with Crippen molar-refractivity contribution in [3.8, 4) is 0 Å². The lowest BCUT2D eigenvalue weighted by Gasteiger charge is -2.13. The smallest absolute Gasteiger partial charge is 0.131 e. The quantitative estimate of drug-likeness (QED) is 0.704. The number of nitrogens with one attached hydrogen (secondary N) is 1. The topological polar surface area (TPSA) is 28.2 Å². The number of aryl methyl sites for hydroxylation is 1. The molecule has 0 fully saturated rings. The van der Waals surface area contributed by atoms with E-state index in [4.69, 9.17) is 0 Å². The highest BCUT2D eigenvalue weighted by molar-refractivity contribution is 5.86. The molecule has 3 aromatic rings. The van der Waals surface area contributed by atoms with Gasteiger partial charge in [-0.2, -0.15) is 0 Å². The number of benzene rings is 2. The maximum atomic E-state index is 4.67. The Morgan fingerprint density at radius 2 is 1.57 bits per heavy atom. The van der Waals surface area contributed by atoms with Gasteiger partial charge in [0.2, 0.25) is 0 Å². The average molecular weight is 350 g/mol. The van der Waals surface area contributed by atoms with E-state index in [0.29, 0.717) is 0 Å². The Balaban J connectivity index is 0.00000132. The van der Waals surface area contributed by atoms with Gasteiger partial charge in [-0.15, -0.1) is 24.8 Å². The maximum absolute atomic E-state index is 4.67. The zero-order valence-electron chi connectivity index (χ0n) is 13.4. The van der Waals surface area contributed by atoms with Gasteiger partial charge in [0.15, 0.2) is 0 Å². The van der Waals surface area contributed by atoms with Crippen molar-refractivity contribution in [2.75, 3.05) is 24.3 Å². The van der Waals surface area contributed by atoms with Gasteiger partial charge in [0.25, 0.3) is 0 Å². The van der Waals surface area contributed by atoms with Gasteiger partial charge in [-0.3, -0.25) is 0 Å². The third-order valence-corrected chi connectivity index (χ3v) is 3.58. The fraction of sp³-hybridized carbons (Fsp3) is 0.167. The van der Waals surface area contributed by atoms with Crippen molar-refractivity contribution >= 4 is 52.9 Å². The zero-order valence-corrected chi connectivity index (χ0v) is 15.0. The molecule has 0 aliphatic heterocycles. The molecule has 5 heteroatoms. The van der Waals surface area contributed by atoms with Crippen molar-refractivity contribution in [3.63, 3.8) is 0 Å². The Kier molecular flexibility index (Phi) is 6.67. The van der Waals surface area contributed by atoms with E-state index in [0.717, 1.165) is 17.0 Å². The van der Waals surface area contributed by atoms with Gasteiger partial charge in [-0.05, 0) is 48.9 Å². The molecule has 1 aromatic heterocycles. The summed E-state index contributed by atoms with van der Waals surface area (Å²) in [5.41, 5.74) is 4.48. The van der Waals surface area contributed by atoms with E-state index in [1.165, 1.54) is 16.6 Å². The lowest BCUT2D eigenvalue weighted by Crippen LogP contribution is -2.08. The highest BCUT2D eigenvalue weighted by atomic mass is 35.5. The molecule has 0 unspecified atom stereocenters. The summed E-state index contributed by atoms with van der Waals surface area (Å²) in [4.78, 5) is 6.75. The van der Waals surface area contributed by atoms with Gasteiger partial charge >= 0.3 is 0 Å². The first-order valence-electron chi connectivity index (χ1n) is 7.04. The highest BCUT2D eigenvalue weighted by Gasteiger charge is 2.03. The van der Waals surface area contributed by atoms with Crippen LogP contribution in [0.1, 0.15) is 5.56 Å². The Morgan fingerprint density at radius 3 is 2.22 bits per heavy atom. The standard InChI is InChI=1S/C18H19N3.2ClH/c1-13-12-18(20-17-7-5-4-6-16(13)17)19-14-8-10-15(11-9-14)21(2)3;;/h4-12H,1-3H3,(H,19,20);2*1H. The summed E-state index contributed by atoms with van der Waals surface area (Å²) < 4.78 is 0. The predicted octanol–water partition coefficient (Wildman–Crippen LogP) is 5.20. The molecule has 0 spiro atoms. The number of hydrogen-bond acceptors (Lipinski definition) is 3. The third kappa shape index (κ3) is 4.27. The van der Waals surface area contributed by atoms with E-state index >= 15 is 0 Å². The number of fused-ring (bicyclic) bond motifs is 1. The van der Waals surface area contributed by atoms with Crippen LogP contribution in [0.4, 0.5) is 17.2 Å². The van der Waals surface area contributed by atoms with E-state index in [-0.39, 0.29) is 24.8 Å². The molecule has 3 nitrogen and oxygen atoms in total. The van der Waals surface area contributed by atoms with Crippen molar-refractivity contribution in [3.05, 3.63) is 60.2 Å². The summed E-state index contributed by atoms with van der Waals surface area (Å²) in [6.45, 7) is 2.12. The first-order valence-corrected chi connectivity index (χ1v) is 7.04. The van der Waals surface area contributed by atoms with Gasteiger partial charge in [-0.25, -0.2) is 4.98 Å². The van der Waals surface area contributed by atoms with Gasteiger partial charge in [-0.1, -0.05) is 18.2 Å². The summed E-state index contributed by atoms with van der Waals surface area (Å²) in [6.07, 6.45) is 0. The Labute approximate surface area is 149 Å². The first-order chi connectivity index (χ1) is 10.1. The van der Waals surface area contributed by atoms with Gasteiger partial charge < -0.3 is 10.2 Å². The molecule has 0 aliphatic rings. The number of hydrogen-bond donors (Lipinski definition) is 1. The molecule has 0 saturated carbocycles. The second-order valence-corrected chi connectivity index (χ2v) is 5.41. The van der Waals surface area contributed by atoms with Crippen molar-refractivity contribution in [2.24, 2.45) is 0 Å². The number of anilines is 3. The van der Waals surface area contributed by atoms with Crippen LogP contribution in [0.15, 0.2) is 54.6 Å². The summed E-state index contributed by atoms with van der Waals surface area (Å²) in [5.74, 6) is 0.879. The molecular formula is C18H21Cl2N3. The summed E-state index contributed by atoms with van der Waals surface area (Å²) >= 11 is 0. The van der Waals surface area contributed by atoms with Crippen molar-refractivity contribution < 1.29 is 0 Å². The Morgan fingerprint density at radius 1 is 0.913 bits per heavy atom. The Bertz CT molecular complexity index is 771. The first kappa shape index (κ1) is 19.1. The molecule has 0 amide bonds.